The van der Waals surface area contributed by atoms with Gasteiger partial charge in [-0.2, -0.15) is 0 Å². The molecule has 0 spiro atoms. The van der Waals surface area contributed by atoms with E-state index in [4.69, 9.17) is 5.11 Å². The number of amides is 2. The highest BCUT2D eigenvalue weighted by molar-refractivity contribution is 5.74. The number of carbonyl (C=O) groups is 2. The van der Waals surface area contributed by atoms with Gasteiger partial charge in [0.05, 0.1) is 6.54 Å². The molecule has 0 unspecified atom stereocenters. The van der Waals surface area contributed by atoms with E-state index in [2.05, 4.69) is 17.6 Å². The van der Waals surface area contributed by atoms with Gasteiger partial charge in [-0.25, -0.2) is 4.79 Å². The van der Waals surface area contributed by atoms with Gasteiger partial charge in [-0.3, -0.25) is 9.69 Å². The van der Waals surface area contributed by atoms with E-state index in [9.17, 15) is 9.59 Å². The number of carboxylic acids is 1. The topological polar surface area (TPSA) is 81.7 Å². The summed E-state index contributed by atoms with van der Waals surface area (Å²) in [5, 5.41) is 14.9. The first-order chi connectivity index (χ1) is 10.5. The maximum absolute atomic E-state index is 11.9. The van der Waals surface area contributed by atoms with Gasteiger partial charge in [-0.15, -0.1) is 0 Å². The van der Waals surface area contributed by atoms with Crippen molar-refractivity contribution in [2.45, 2.75) is 64.5 Å². The number of likely N-dealkylation sites (N-methyl/N-ethyl adjacent to an activating group) is 1. The molecule has 0 saturated heterocycles. The third-order valence-corrected chi connectivity index (χ3v) is 5.07. The Morgan fingerprint density at radius 1 is 1.27 bits per heavy atom. The van der Waals surface area contributed by atoms with Crippen LogP contribution in [-0.2, 0) is 4.79 Å². The molecule has 2 fully saturated rings. The van der Waals surface area contributed by atoms with Crippen molar-refractivity contribution in [3.63, 3.8) is 0 Å². The lowest BCUT2D eigenvalue weighted by molar-refractivity contribution is -0.139. The Hall–Kier alpha value is -1.30. The van der Waals surface area contributed by atoms with Crippen LogP contribution in [0.25, 0.3) is 0 Å². The van der Waals surface area contributed by atoms with Crippen molar-refractivity contribution in [2.24, 2.45) is 5.41 Å². The van der Waals surface area contributed by atoms with Gasteiger partial charge in [0.2, 0.25) is 0 Å². The number of carbonyl (C=O) groups excluding carboxylic acids is 1. The van der Waals surface area contributed by atoms with Gasteiger partial charge in [0.15, 0.2) is 0 Å². The van der Waals surface area contributed by atoms with Crippen LogP contribution >= 0.6 is 0 Å². The zero-order valence-corrected chi connectivity index (χ0v) is 13.7. The number of nitrogens with zero attached hydrogens (tertiary/aromatic N) is 1. The summed E-state index contributed by atoms with van der Waals surface area (Å²) in [6.07, 6.45) is 6.51. The molecule has 126 valence electrons. The van der Waals surface area contributed by atoms with Crippen molar-refractivity contribution in [1.29, 1.82) is 0 Å². The highest BCUT2D eigenvalue weighted by Gasteiger charge is 2.41. The zero-order chi connectivity index (χ0) is 16.2. The predicted octanol–water partition coefficient (Wildman–Crippen LogP) is 1.80. The summed E-state index contributed by atoms with van der Waals surface area (Å²) in [4.78, 5) is 24.7. The molecule has 6 nitrogen and oxygen atoms in total. The highest BCUT2D eigenvalue weighted by atomic mass is 16.4. The van der Waals surface area contributed by atoms with Crippen molar-refractivity contribution in [2.75, 3.05) is 19.6 Å². The first-order valence-electron chi connectivity index (χ1n) is 8.48. The highest BCUT2D eigenvalue weighted by Crippen LogP contribution is 2.48. The van der Waals surface area contributed by atoms with Crippen LogP contribution in [0.15, 0.2) is 0 Å². The molecule has 0 atom stereocenters. The average Bonchev–Trinajstić information content (AvgIpc) is 3.18. The van der Waals surface area contributed by atoms with Crippen LogP contribution in [0.3, 0.4) is 0 Å². The fourth-order valence-corrected chi connectivity index (χ4v) is 3.40. The molecule has 0 aromatic carbocycles. The third kappa shape index (κ3) is 4.60. The molecule has 2 aliphatic carbocycles. The molecule has 2 saturated carbocycles. The van der Waals surface area contributed by atoms with E-state index in [1.54, 1.807) is 0 Å². The summed E-state index contributed by atoms with van der Waals surface area (Å²) >= 11 is 0. The average molecular weight is 311 g/mol. The fraction of sp³-hybridized carbons (Fsp3) is 0.875. The van der Waals surface area contributed by atoms with Gasteiger partial charge in [0, 0.05) is 18.6 Å². The SMILES string of the molecule is CCCC1(CNC(=O)NC2CC(N(CC)CC(=O)O)C2)CC1. The molecule has 6 heteroatoms. The molecule has 22 heavy (non-hydrogen) atoms. The molecule has 2 aliphatic rings. The van der Waals surface area contributed by atoms with Crippen LogP contribution in [0.4, 0.5) is 4.79 Å². The maximum Gasteiger partial charge on any atom is 0.317 e. The summed E-state index contributed by atoms with van der Waals surface area (Å²) < 4.78 is 0. The van der Waals surface area contributed by atoms with Crippen LogP contribution < -0.4 is 10.6 Å². The standard InChI is InChI=1S/C16H29N3O3/c1-3-5-16(6-7-16)11-17-15(22)18-12-8-13(9-12)19(4-2)10-14(20)21/h12-13H,3-11H2,1-2H3,(H,20,21)(H2,17,18,22). The largest absolute Gasteiger partial charge is 0.480 e. The minimum absolute atomic E-state index is 0.0767. The lowest BCUT2D eigenvalue weighted by atomic mass is 9.85. The molecule has 2 rings (SSSR count). The van der Waals surface area contributed by atoms with Crippen molar-refractivity contribution in [1.82, 2.24) is 15.5 Å². The van der Waals surface area contributed by atoms with Gasteiger partial charge in [-0.05, 0) is 44.1 Å². The zero-order valence-electron chi connectivity index (χ0n) is 13.7. The number of hydrogen-bond acceptors (Lipinski definition) is 3. The Labute approximate surface area is 132 Å². The summed E-state index contributed by atoms with van der Waals surface area (Å²) in [7, 11) is 0. The van der Waals surface area contributed by atoms with Gasteiger partial charge < -0.3 is 15.7 Å². The normalized spacial score (nSPS) is 25.4. The van der Waals surface area contributed by atoms with Crippen LogP contribution in [0.5, 0.6) is 0 Å². The molecule has 3 N–H and O–H groups in total. The lowest BCUT2D eigenvalue weighted by Gasteiger charge is -2.42. The van der Waals surface area contributed by atoms with Gasteiger partial charge >= 0.3 is 12.0 Å². The van der Waals surface area contributed by atoms with Crippen LogP contribution in [0.2, 0.25) is 0 Å². The summed E-state index contributed by atoms with van der Waals surface area (Å²) in [5.74, 6) is -0.790. The number of rotatable bonds is 9. The Morgan fingerprint density at radius 3 is 2.45 bits per heavy atom. The molecule has 0 bridgehead atoms. The van der Waals surface area contributed by atoms with Crippen molar-refractivity contribution >= 4 is 12.0 Å². The predicted molar refractivity (Wildman–Crippen MR) is 84.8 cm³/mol. The Kier molecular flexibility index (Phi) is 5.67. The van der Waals surface area contributed by atoms with Gasteiger partial charge in [0.1, 0.15) is 0 Å². The number of aliphatic carboxylic acids is 1. The van der Waals surface area contributed by atoms with Gasteiger partial charge in [-0.1, -0.05) is 20.3 Å². The van der Waals surface area contributed by atoms with E-state index in [1.165, 1.54) is 25.7 Å². The van der Waals surface area contributed by atoms with Crippen molar-refractivity contribution in [3.8, 4) is 0 Å². The summed E-state index contributed by atoms with van der Waals surface area (Å²) in [5.41, 5.74) is 0.370. The summed E-state index contributed by atoms with van der Waals surface area (Å²) in [6.45, 7) is 5.75. The van der Waals surface area contributed by atoms with E-state index in [0.717, 1.165) is 25.9 Å². The van der Waals surface area contributed by atoms with Crippen LogP contribution in [0, 0.1) is 5.41 Å². The summed E-state index contributed by atoms with van der Waals surface area (Å²) in [6, 6.07) is 0.377. The number of urea groups is 1. The minimum atomic E-state index is -0.790. The minimum Gasteiger partial charge on any atom is -0.480 e. The second kappa shape index (κ2) is 7.31. The molecule has 0 aromatic rings. The smallest absolute Gasteiger partial charge is 0.317 e. The quantitative estimate of drug-likeness (QED) is 0.606. The Balaban J connectivity index is 1.62. The third-order valence-electron chi connectivity index (χ3n) is 5.07. The molecule has 0 radical (unpaired) electrons. The van der Waals surface area contributed by atoms with E-state index in [0.29, 0.717) is 5.41 Å². The van der Waals surface area contributed by atoms with Crippen LogP contribution in [-0.4, -0.2) is 53.7 Å². The monoisotopic (exact) mass is 311 g/mol. The van der Waals surface area contributed by atoms with E-state index < -0.39 is 5.97 Å². The number of hydrogen-bond donors (Lipinski definition) is 3. The Bertz CT molecular complexity index is 403. The number of carboxylic acid groups (broad SMARTS) is 1. The van der Waals surface area contributed by atoms with E-state index in [1.807, 2.05) is 11.8 Å². The maximum atomic E-state index is 11.9. The first-order valence-corrected chi connectivity index (χ1v) is 8.48. The fourth-order valence-electron chi connectivity index (χ4n) is 3.40. The van der Waals surface area contributed by atoms with E-state index in [-0.39, 0.29) is 24.7 Å². The molecular formula is C16H29N3O3. The molecule has 0 aliphatic heterocycles. The second-order valence-electron chi connectivity index (χ2n) is 6.86. The molecular weight excluding hydrogens is 282 g/mol. The molecule has 2 amide bonds. The first kappa shape index (κ1) is 17.1. The number of nitrogens with one attached hydrogen (secondary N) is 2. The Morgan fingerprint density at radius 2 is 1.95 bits per heavy atom. The lowest BCUT2D eigenvalue weighted by Crippen LogP contribution is -2.56. The van der Waals surface area contributed by atoms with Crippen molar-refractivity contribution < 1.29 is 14.7 Å². The van der Waals surface area contributed by atoms with Gasteiger partial charge in [0.25, 0.3) is 0 Å². The van der Waals surface area contributed by atoms with Crippen LogP contribution in [0.1, 0.15) is 52.4 Å². The second-order valence-corrected chi connectivity index (χ2v) is 6.86. The molecule has 0 heterocycles. The van der Waals surface area contributed by atoms with Crippen molar-refractivity contribution in [3.05, 3.63) is 0 Å². The van der Waals surface area contributed by atoms with E-state index >= 15 is 0 Å². The molecule has 0 aromatic heterocycles.